The van der Waals surface area contributed by atoms with Gasteiger partial charge in [-0.25, -0.2) is 4.98 Å². The smallest absolute Gasteiger partial charge is 0.310 e. The third kappa shape index (κ3) is 3.30. The van der Waals surface area contributed by atoms with Crippen molar-refractivity contribution in [1.29, 1.82) is 0 Å². The van der Waals surface area contributed by atoms with Crippen molar-refractivity contribution in [1.82, 2.24) is 9.97 Å². The zero-order chi connectivity index (χ0) is 18.0. The van der Waals surface area contributed by atoms with Gasteiger partial charge in [0.05, 0.1) is 34.7 Å². The molecule has 9 heteroatoms. The summed E-state index contributed by atoms with van der Waals surface area (Å²) in [4.78, 5) is 43.1. The lowest BCUT2D eigenvalue weighted by atomic mass is 9.97. The molecule has 0 bridgehead atoms. The number of nitro benzene ring substituents is 1. The van der Waals surface area contributed by atoms with Gasteiger partial charge in [-0.2, -0.15) is 0 Å². The highest BCUT2D eigenvalue weighted by atomic mass is 16.6. The number of nitrogens with one attached hydrogen (secondary N) is 1. The highest BCUT2D eigenvalue weighted by Crippen LogP contribution is 2.34. The van der Waals surface area contributed by atoms with Crippen molar-refractivity contribution in [2.24, 2.45) is 5.92 Å². The fraction of sp³-hybridized carbons (Fsp3) is 0.438. The minimum atomic E-state index is -0.519. The predicted molar refractivity (Wildman–Crippen MR) is 90.6 cm³/mol. The number of hydrogen-bond acceptors (Lipinski definition) is 7. The first kappa shape index (κ1) is 16.9. The Bertz CT molecular complexity index is 878. The quantitative estimate of drug-likeness (QED) is 0.507. The van der Waals surface area contributed by atoms with E-state index in [4.69, 9.17) is 4.74 Å². The number of piperidine rings is 1. The minimum Gasteiger partial charge on any atom is -0.466 e. The summed E-state index contributed by atoms with van der Waals surface area (Å²) < 4.78 is 5.07. The van der Waals surface area contributed by atoms with Gasteiger partial charge in [0.15, 0.2) is 0 Å². The molecule has 1 aromatic heterocycles. The Kier molecular flexibility index (Phi) is 4.64. The number of carbonyl (C=O) groups is 1. The van der Waals surface area contributed by atoms with Crippen LogP contribution in [0.15, 0.2) is 23.3 Å². The monoisotopic (exact) mass is 346 g/mol. The summed E-state index contributed by atoms with van der Waals surface area (Å²) in [6.07, 6.45) is 2.67. The Morgan fingerprint density at radius 2 is 2.32 bits per heavy atom. The SMILES string of the molecule is CCOC(=O)[C@@H]1CCCN(c2cc3nc[nH]c(=O)c3cc2[N+](=O)[O-])C1. The van der Waals surface area contributed by atoms with Gasteiger partial charge in [-0.3, -0.25) is 19.7 Å². The Balaban J connectivity index is 2.02. The molecule has 2 heterocycles. The zero-order valence-electron chi connectivity index (χ0n) is 13.7. The van der Waals surface area contributed by atoms with Crippen molar-refractivity contribution in [2.45, 2.75) is 19.8 Å². The summed E-state index contributed by atoms with van der Waals surface area (Å²) in [5.41, 5.74) is 0.144. The molecule has 1 aliphatic heterocycles. The first-order chi connectivity index (χ1) is 12.0. The summed E-state index contributed by atoms with van der Waals surface area (Å²) in [5.74, 6) is -0.610. The second-order valence-corrected chi connectivity index (χ2v) is 5.88. The summed E-state index contributed by atoms with van der Waals surface area (Å²) in [6, 6.07) is 2.78. The standard InChI is InChI=1S/C16H18N4O5/c1-2-25-16(22)10-4-3-5-19(8-10)13-7-12-11(6-14(13)20(23)24)15(21)18-9-17-12/h6-7,9-10H,2-5,8H2,1H3,(H,17,18,21)/t10-/m1/s1. The number of benzene rings is 1. The second kappa shape index (κ2) is 6.88. The molecule has 0 aliphatic carbocycles. The van der Waals surface area contributed by atoms with Gasteiger partial charge >= 0.3 is 5.97 Å². The van der Waals surface area contributed by atoms with Gasteiger partial charge < -0.3 is 14.6 Å². The first-order valence-corrected chi connectivity index (χ1v) is 8.08. The van der Waals surface area contributed by atoms with Crippen molar-refractivity contribution in [3.05, 3.63) is 38.9 Å². The van der Waals surface area contributed by atoms with Gasteiger partial charge in [0.1, 0.15) is 5.69 Å². The van der Waals surface area contributed by atoms with Crippen LogP contribution in [0.3, 0.4) is 0 Å². The van der Waals surface area contributed by atoms with Crippen LogP contribution in [-0.4, -0.2) is 40.6 Å². The lowest BCUT2D eigenvalue weighted by Gasteiger charge is -2.32. The van der Waals surface area contributed by atoms with Gasteiger partial charge in [-0.05, 0) is 25.8 Å². The van der Waals surface area contributed by atoms with Gasteiger partial charge in [-0.1, -0.05) is 0 Å². The van der Waals surface area contributed by atoms with Crippen LogP contribution in [0.1, 0.15) is 19.8 Å². The molecule has 1 aliphatic rings. The topological polar surface area (TPSA) is 118 Å². The minimum absolute atomic E-state index is 0.164. The Hall–Kier alpha value is -2.97. The van der Waals surface area contributed by atoms with E-state index >= 15 is 0 Å². The largest absolute Gasteiger partial charge is 0.466 e. The molecule has 0 radical (unpaired) electrons. The Morgan fingerprint density at radius 3 is 3.04 bits per heavy atom. The lowest BCUT2D eigenvalue weighted by molar-refractivity contribution is -0.384. The van der Waals surface area contributed by atoms with Crippen LogP contribution in [0, 0.1) is 16.0 Å². The number of carbonyl (C=O) groups excluding carboxylic acids is 1. The number of nitrogens with zero attached hydrogens (tertiary/aromatic N) is 3. The van der Waals surface area contributed by atoms with Crippen molar-refractivity contribution >= 4 is 28.2 Å². The number of fused-ring (bicyclic) bond motifs is 1. The average Bonchev–Trinajstić information content (AvgIpc) is 2.61. The molecule has 25 heavy (non-hydrogen) atoms. The number of esters is 1. The zero-order valence-corrected chi connectivity index (χ0v) is 13.7. The number of hydrogen-bond donors (Lipinski definition) is 1. The third-order valence-corrected chi connectivity index (χ3v) is 4.32. The number of H-pyrrole nitrogens is 1. The Morgan fingerprint density at radius 1 is 1.52 bits per heavy atom. The number of aromatic amines is 1. The van der Waals surface area contributed by atoms with E-state index in [1.807, 2.05) is 0 Å². The van der Waals surface area contributed by atoms with E-state index < -0.39 is 10.5 Å². The summed E-state index contributed by atoms with van der Waals surface area (Å²) >= 11 is 0. The van der Waals surface area contributed by atoms with Crippen LogP contribution in [0.2, 0.25) is 0 Å². The molecule has 1 saturated heterocycles. The van der Waals surface area contributed by atoms with Crippen LogP contribution in [0.5, 0.6) is 0 Å². The highest BCUT2D eigenvalue weighted by molar-refractivity contribution is 5.87. The maximum absolute atomic E-state index is 12.0. The molecule has 0 unspecified atom stereocenters. The van der Waals surface area contributed by atoms with E-state index in [0.29, 0.717) is 37.3 Å². The molecule has 0 saturated carbocycles. The van der Waals surface area contributed by atoms with Crippen LogP contribution >= 0.6 is 0 Å². The number of nitro groups is 1. The van der Waals surface area contributed by atoms with E-state index in [2.05, 4.69) is 9.97 Å². The van der Waals surface area contributed by atoms with Gasteiger partial charge in [0, 0.05) is 19.2 Å². The molecule has 3 rings (SSSR count). The molecule has 1 aromatic carbocycles. The Labute approximate surface area is 142 Å². The molecular formula is C16H18N4O5. The van der Waals surface area contributed by atoms with Gasteiger partial charge in [0.25, 0.3) is 11.2 Å². The van der Waals surface area contributed by atoms with Gasteiger partial charge in [-0.15, -0.1) is 0 Å². The van der Waals surface area contributed by atoms with Gasteiger partial charge in [0.2, 0.25) is 0 Å². The summed E-state index contributed by atoms with van der Waals surface area (Å²) in [6.45, 7) is 2.98. The molecule has 1 N–H and O–H groups in total. The molecule has 0 spiro atoms. The van der Waals surface area contributed by atoms with Crippen LogP contribution in [-0.2, 0) is 9.53 Å². The second-order valence-electron chi connectivity index (χ2n) is 5.88. The maximum atomic E-state index is 12.0. The number of rotatable bonds is 4. The molecule has 9 nitrogen and oxygen atoms in total. The van der Waals surface area contributed by atoms with E-state index in [1.165, 1.54) is 18.5 Å². The highest BCUT2D eigenvalue weighted by Gasteiger charge is 2.30. The number of ether oxygens (including phenoxy) is 1. The molecule has 2 aromatic rings. The average molecular weight is 346 g/mol. The van der Waals surface area contributed by atoms with Crippen molar-refractivity contribution in [2.75, 3.05) is 24.6 Å². The lowest BCUT2D eigenvalue weighted by Crippen LogP contribution is -2.39. The summed E-state index contributed by atoms with van der Waals surface area (Å²) in [5, 5.41) is 11.7. The van der Waals surface area contributed by atoms with E-state index in [-0.39, 0.29) is 23.0 Å². The van der Waals surface area contributed by atoms with Crippen molar-refractivity contribution < 1.29 is 14.5 Å². The molecule has 1 atom stereocenters. The summed E-state index contributed by atoms with van der Waals surface area (Å²) in [7, 11) is 0. The van der Waals surface area contributed by atoms with E-state index in [1.54, 1.807) is 11.8 Å². The van der Waals surface area contributed by atoms with Crippen LogP contribution in [0.4, 0.5) is 11.4 Å². The van der Waals surface area contributed by atoms with Crippen molar-refractivity contribution in [3.63, 3.8) is 0 Å². The molecule has 1 fully saturated rings. The van der Waals surface area contributed by atoms with Crippen LogP contribution < -0.4 is 10.5 Å². The van der Waals surface area contributed by atoms with Crippen molar-refractivity contribution in [3.8, 4) is 0 Å². The third-order valence-electron chi connectivity index (χ3n) is 4.32. The van der Waals surface area contributed by atoms with Crippen LogP contribution in [0.25, 0.3) is 10.9 Å². The van der Waals surface area contributed by atoms with E-state index in [9.17, 15) is 19.7 Å². The fourth-order valence-corrected chi connectivity index (χ4v) is 3.14. The molecular weight excluding hydrogens is 328 g/mol. The number of anilines is 1. The van der Waals surface area contributed by atoms with E-state index in [0.717, 1.165) is 6.42 Å². The predicted octanol–water partition coefficient (Wildman–Crippen LogP) is 1.61. The normalized spacial score (nSPS) is 17.5. The molecule has 132 valence electrons. The fourth-order valence-electron chi connectivity index (χ4n) is 3.14. The number of aromatic nitrogens is 2. The first-order valence-electron chi connectivity index (χ1n) is 8.08. The maximum Gasteiger partial charge on any atom is 0.310 e. The molecule has 0 amide bonds.